The van der Waals surface area contributed by atoms with E-state index in [1.807, 2.05) is 24.8 Å². The summed E-state index contributed by atoms with van der Waals surface area (Å²) in [5, 5.41) is 1.07. The van der Waals surface area contributed by atoms with Gasteiger partial charge >= 0.3 is 0 Å². The average Bonchev–Trinajstić information content (AvgIpc) is 3.31. The molecule has 0 saturated heterocycles. The van der Waals surface area contributed by atoms with Crippen molar-refractivity contribution in [3.8, 4) is 22.5 Å². The molecule has 0 aliphatic heterocycles. The quantitative estimate of drug-likeness (QED) is 0.544. The van der Waals surface area contributed by atoms with Crippen LogP contribution in [0.4, 0.5) is 4.39 Å². The molecule has 1 aliphatic rings. The fourth-order valence-electron chi connectivity index (χ4n) is 4.34. The molecule has 3 aromatic heterocycles. The van der Waals surface area contributed by atoms with Gasteiger partial charge in [0.1, 0.15) is 11.5 Å². The van der Waals surface area contributed by atoms with Gasteiger partial charge in [-0.25, -0.2) is 14.4 Å². The number of imidazole rings is 1. The molecule has 5 rings (SSSR count). The number of nitrogens with zero attached hydrogens (tertiary/aromatic N) is 4. The summed E-state index contributed by atoms with van der Waals surface area (Å²) >= 11 is 0. The maximum Gasteiger partial charge on any atom is 0.137 e. The highest BCUT2D eigenvalue weighted by atomic mass is 19.1. The van der Waals surface area contributed by atoms with Gasteiger partial charge in [0, 0.05) is 41.5 Å². The van der Waals surface area contributed by atoms with Crippen molar-refractivity contribution in [1.82, 2.24) is 24.4 Å². The first-order valence-electron chi connectivity index (χ1n) is 10.00. The molecule has 1 fully saturated rings. The lowest BCUT2D eigenvalue weighted by Gasteiger charge is -2.40. The number of aromatic amines is 1. The van der Waals surface area contributed by atoms with Gasteiger partial charge in [0.05, 0.1) is 17.7 Å². The molecule has 29 heavy (non-hydrogen) atoms. The normalized spacial score (nSPS) is 19.0. The second kappa shape index (κ2) is 7.12. The molecule has 0 amide bonds. The summed E-state index contributed by atoms with van der Waals surface area (Å²) in [6.45, 7) is 0.933. The van der Waals surface area contributed by atoms with E-state index in [0.717, 1.165) is 40.1 Å². The van der Waals surface area contributed by atoms with E-state index in [2.05, 4.69) is 39.6 Å². The van der Waals surface area contributed by atoms with Crippen LogP contribution in [-0.2, 0) is 6.54 Å². The molecular weight excluding hydrogens is 365 g/mol. The monoisotopic (exact) mass is 389 g/mol. The van der Waals surface area contributed by atoms with Crippen LogP contribution in [0.15, 0.2) is 55.1 Å². The van der Waals surface area contributed by atoms with E-state index in [1.54, 1.807) is 12.1 Å². The second-order valence-electron chi connectivity index (χ2n) is 8.15. The topological polar surface area (TPSA) is 49.7 Å². The van der Waals surface area contributed by atoms with Crippen molar-refractivity contribution in [2.75, 3.05) is 14.1 Å². The van der Waals surface area contributed by atoms with E-state index in [-0.39, 0.29) is 5.82 Å². The average molecular weight is 389 g/mol. The van der Waals surface area contributed by atoms with E-state index in [1.165, 1.54) is 25.0 Å². The lowest BCUT2D eigenvalue weighted by molar-refractivity contribution is 0.112. The molecule has 0 radical (unpaired) electrons. The van der Waals surface area contributed by atoms with E-state index >= 15 is 0 Å². The Morgan fingerprint density at radius 2 is 1.90 bits per heavy atom. The van der Waals surface area contributed by atoms with Crippen molar-refractivity contribution in [2.24, 2.45) is 5.92 Å². The fraction of sp³-hybridized carbons (Fsp3) is 0.304. The van der Waals surface area contributed by atoms with Crippen LogP contribution in [0.2, 0.25) is 0 Å². The van der Waals surface area contributed by atoms with Crippen molar-refractivity contribution >= 4 is 11.0 Å². The van der Waals surface area contributed by atoms with Gasteiger partial charge in [-0.1, -0.05) is 0 Å². The zero-order valence-corrected chi connectivity index (χ0v) is 16.6. The summed E-state index contributed by atoms with van der Waals surface area (Å²) < 4.78 is 15.7. The number of hydrogen-bond donors (Lipinski definition) is 1. The largest absolute Gasteiger partial charge is 0.346 e. The standard InChI is InChI=1S/C23H24FN5/c1-28(2)18-11-15(12-18)13-29-14-27-21(16-3-5-17(24)6-4-16)22(29)19-7-9-25-23-20(19)8-10-26-23/h3-10,14-15,18H,11-13H2,1-2H3,(H,25,26). The van der Waals surface area contributed by atoms with Crippen molar-refractivity contribution in [3.63, 3.8) is 0 Å². The number of fused-ring (bicyclic) bond motifs is 1. The summed E-state index contributed by atoms with van der Waals surface area (Å²) in [6, 6.07) is 11.3. The fourth-order valence-corrected chi connectivity index (χ4v) is 4.34. The number of hydrogen-bond acceptors (Lipinski definition) is 3. The highest BCUT2D eigenvalue weighted by Gasteiger charge is 2.31. The number of H-pyrrole nitrogens is 1. The minimum atomic E-state index is -0.240. The van der Waals surface area contributed by atoms with Crippen molar-refractivity contribution in [2.45, 2.75) is 25.4 Å². The minimum Gasteiger partial charge on any atom is -0.346 e. The van der Waals surface area contributed by atoms with E-state index < -0.39 is 0 Å². The molecule has 0 bridgehead atoms. The molecule has 148 valence electrons. The molecule has 5 nitrogen and oxygen atoms in total. The van der Waals surface area contributed by atoms with Gasteiger partial charge in [-0.3, -0.25) is 0 Å². The number of pyridine rings is 1. The van der Waals surface area contributed by atoms with Gasteiger partial charge in [0.25, 0.3) is 0 Å². The van der Waals surface area contributed by atoms with Crippen LogP contribution < -0.4 is 0 Å². The lowest BCUT2D eigenvalue weighted by Crippen LogP contribution is -2.41. The smallest absolute Gasteiger partial charge is 0.137 e. The van der Waals surface area contributed by atoms with Crippen molar-refractivity contribution < 1.29 is 4.39 Å². The van der Waals surface area contributed by atoms with Gasteiger partial charge in [-0.05, 0) is 69.3 Å². The Labute approximate surface area is 169 Å². The summed E-state index contributed by atoms with van der Waals surface area (Å²) in [5.74, 6) is 0.399. The van der Waals surface area contributed by atoms with Crippen LogP contribution >= 0.6 is 0 Å². The maximum atomic E-state index is 13.5. The van der Waals surface area contributed by atoms with E-state index in [9.17, 15) is 4.39 Å². The van der Waals surface area contributed by atoms with E-state index in [4.69, 9.17) is 4.98 Å². The van der Waals surface area contributed by atoms with Crippen molar-refractivity contribution in [1.29, 1.82) is 0 Å². The Hall–Kier alpha value is -2.99. The van der Waals surface area contributed by atoms with Crippen LogP contribution in [0.25, 0.3) is 33.5 Å². The predicted octanol–water partition coefficient (Wildman–Crippen LogP) is 4.57. The van der Waals surface area contributed by atoms with Crippen LogP contribution in [0.3, 0.4) is 0 Å². The Kier molecular flexibility index (Phi) is 4.43. The minimum absolute atomic E-state index is 0.240. The van der Waals surface area contributed by atoms with Crippen LogP contribution in [0.1, 0.15) is 12.8 Å². The van der Waals surface area contributed by atoms with Gasteiger partial charge in [0.15, 0.2) is 0 Å². The molecule has 1 aliphatic carbocycles. The Bertz CT molecular complexity index is 1140. The SMILES string of the molecule is CN(C)C1CC(Cn2cnc(-c3ccc(F)cc3)c2-c2ccnc3[nH]ccc23)C1. The molecule has 1 saturated carbocycles. The summed E-state index contributed by atoms with van der Waals surface area (Å²) in [5.41, 5.74) is 4.81. The first-order chi connectivity index (χ1) is 14.1. The van der Waals surface area contributed by atoms with Gasteiger partial charge < -0.3 is 14.5 Å². The van der Waals surface area contributed by atoms with Gasteiger partial charge in [-0.15, -0.1) is 0 Å². The van der Waals surface area contributed by atoms with Crippen LogP contribution in [0.5, 0.6) is 0 Å². The summed E-state index contributed by atoms with van der Waals surface area (Å²) in [7, 11) is 4.30. The number of halogens is 1. The molecule has 0 atom stereocenters. The molecule has 4 aromatic rings. The zero-order valence-electron chi connectivity index (χ0n) is 16.6. The Morgan fingerprint density at radius 3 is 2.66 bits per heavy atom. The Morgan fingerprint density at radius 1 is 1.10 bits per heavy atom. The highest BCUT2D eigenvalue weighted by Crippen LogP contribution is 2.38. The third-order valence-corrected chi connectivity index (χ3v) is 6.07. The number of aromatic nitrogens is 4. The lowest BCUT2D eigenvalue weighted by atomic mass is 9.79. The van der Waals surface area contributed by atoms with Gasteiger partial charge in [-0.2, -0.15) is 0 Å². The van der Waals surface area contributed by atoms with E-state index in [0.29, 0.717) is 12.0 Å². The first-order valence-corrected chi connectivity index (χ1v) is 10.00. The second-order valence-corrected chi connectivity index (χ2v) is 8.15. The van der Waals surface area contributed by atoms with Gasteiger partial charge in [0.2, 0.25) is 0 Å². The molecule has 1 aromatic carbocycles. The molecule has 0 unspecified atom stereocenters. The summed E-state index contributed by atoms with van der Waals surface area (Å²) in [6.07, 6.45) is 8.06. The molecule has 1 N–H and O–H groups in total. The van der Waals surface area contributed by atoms with Crippen LogP contribution in [0, 0.1) is 11.7 Å². The predicted molar refractivity (Wildman–Crippen MR) is 113 cm³/mol. The molecule has 0 spiro atoms. The highest BCUT2D eigenvalue weighted by molar-refractivity contribution is 5.95. The molecular formula is C23H24FN5. The third-order valence-electron chi connectivity index (χ3n) is 6.07. The van der Waals surface area contributed by atoms with Crippen molar-refractivity contribution in [3.05, 3.63) is 60.9 Å². The number of rotatable bonds is 5. The third kappa shape index (κ3) is 3.23. The number of benzene rings is 1. The summed E-state index contributed by atoms with van der Waals surface area (Å²) in [4.78, 5) is 14.7. The maximum absolute atomic E-state index is 13.5. The first kappa shape index (κ1) is 18.1. The Balaban J connectivity index is 1.59. The van der Waals surface area contributed by atoms with Crippen LogP contribution in [-0.4, -0.2) is 44.6 Å². The zero-order chi connectivity index (χ0) is 20.0. The molecule has 6 heteroatoms. The number of nitrogens with one attached hydrogen (secondary N) is 1. The molecule has 3 heterocycles.